The van der Waals surface area contributed by atoms with E-state index in [0.717, 1.165) is 45.0 Å². The molecule has 5 heteroatoms. The van der Waals surface area contributed by atoms with E-state index in [1.165, 1.54) is 18.5 Å². The van der Waals surface area contributed by atoms with Crippen LogP contribution in [0.3, 0.4) is 0 Å². The van der Waals surface area contributed by atoms with E-state index in [9.17, 15) is 0 Å². The Morgan fingerprint density at radius 2 is 1.81 bits per heavy atom. The molecule has 5 nitrogen and oxygen atoms in total. The van der Waals surface area contributed by atoms with Gasteiger partial charge in [-0.05, 0) is 58.3 Å². The zero-order valence-corrected chi connectivity index (χ0v) is 18.0. The second-order valence-corrected chi connectivity index (χ2v) is 6.99. The lowest BCUT2D eigenvalue weighted by Gasteiger charge is -2.21. The molecule has 0 aromatic heterocycles. The van der Waals surface area contributed by atoms with E-state index in [-0.39, 0.29) is 6.10 Å². The fraction of sp³-hybridized carbons (Fsp3) is 0.682. The lowest BCUT2D eigenvalue weighted by Crippen LogP contribution is -2.43. The SMILES string of the molecule is CCN(CC)CCCC(C)NC(=NC)NCCCOC(C)c1ccccc1. The summed E-state index contributed by atoms with van der Waals surface area (Å²) in [6.45, 7) is 13.8. The highest BCUT2D eigenvalue weighted by Crippen LogP contribution is 2.15. The smallest absolute Gasteiger partial charge is 0.191 e. The number of aliphatic imine (C=N–C) groups is 1. The molecule has 0 spiro atoms. The maximum absolute atomic E-state index is 5.92. The van der Waals surface area contributed by atoms with Crippen molar-refractivity contribution in [2.75, 3.05) is 39.8 Å². The maximum atomic E-state index is 5.92. The first-order valence-electron chi connectivity index (χ1n) is 10.5. The highest BCUT2D eigenvalue weighted by Gasteiger charge is 2.07. The number of nitrogens with zero attached hydrogens (tertiary/aromatic N) is 2. The topological polar surface area (TPSA) is 48.9 Å². The second kappa shape index (κ2) is 14.5. The van der Waals surface area contributed by atoms with Gasteiger partial charge in [0.15, 0.2) is 5.96 Å². The van der Waals surface area contributed by atoms with Crippen molar-refractivity contribution in [2.45, 2.75) is 59.1 Å². The van der Waals surface area contributed by atoms with Gasteiger partial charge in [0, 0.05) is 26.2 Å². The molecular weight excluding hydrogens is 336 g/mol. The third kappa shape index (κ3) is 10.4. The van der Waals surface area contributed by atoms with Crippen LogP contribution in [0.4, 0.5) is 0 Å². The zero-order valence-electron chi connectivity index (χ0n) is 18.0. The molecule has 0 aliphatic rings. The fourth-order valence-corrected chi connectivity index (χ4v) is 3.02. The normalized spacial score (nSPS) is 14.2. The predicted octanol–water partition coefficient (Wildman–Crippen LogP) is 3.83. The monoisotopic (exact) mass is 376 g/mol. The third-order valence-electron chi connectivity index (χ3n) is 4.86. The Balaban J connectivity index is 2.15. The van der Waals surface area contributed by atoms with Crippen molar-refractivity contribution in [3.8, 4) is 0 Å². The van der Waals surface area contributed by atoms with E-state index in [1.54, 1.807) is 0 Å². The summed E-state index contributed by atoms with van der Waals surface area (Å²) >= 11 is 0. The van der Waals surface area contributed by atoms with Gasteiger partial charge in [0.1, 0.15) is 0 Å². The summed E-state index contributed by atoms with van der Waals surface area (Å²) in [5.74, 6) is 0.876. The molecule has 0 saturated carbocycles. The van der Waals surface area contributed by atoms with Crippen LogP contribution in [0.1, 0.15) is 58.6 Å². The minimum atomic E-state index is 0.134. The van der Waals surface area contributed by atoms with Crippen molar-refractivity contribution in [2.24, 2.45) is 4.99 Å². The maximum Gasteiger partial charge on any atom is 0.191 e. The van der Waals surface area contributed by atoms with Crippen molar-refractivity contribution < 1.29 is 4.74 Å². The van der Waals surface area contributed by atoms with Crippen LogP contribution in [-0.2, 0) is 4.74 Å². The number of ether oxygens (including phenoxy) is 1. The molecule has 0 radical (unpaired) electrons. The minimum absolute atomic E-state index is 0.134. The van der Waals surface area contributed by atoms with Crippen molar-refractivity contribution in [3.63, 3.8) is 0 Å². The van der Waals surface area contributed by atoms with Crippen LogP contribution < -0.4 is 10.6 Å². The Labute approximate surface area is 166 Å². The van der Waals surface area contributed by atoms with Crippen LogP contribution in [0.2, 0.25) is 0 Å². The van der Waals surface area contributed by atoms with Gasteiger partial charge in [-0.25, -0.2) is 0 Å². The number of rotatable bonds is 13. The van der Waals surface area contributed by atoms with Gasteiger partial charge in [0.25, 0.3) is 0 Å². The third-order valence-corrected chi connectivity index (χ3v) is 4.86. The summed E-state index contributed by atoms with van der Waals surface area (Å²) in [5, 5.41) is 6.87. The molecular formula is C22H40N4O. The Bertz CT molecular complexity index is 502. The van der Waals surface area contributed by atoms with E-state index in [0.29, 0.717) is 6.04 Å². The molecule has 1 aromatic carbocycles. The largest absolute Gasteiger partial charge is 0.374 e. The predicted molar refractivity (Wildman–Crippen MR) is 116 cm³/mol. The molecule has 2 atom stereocenters. The first kappa shape index (κ1) is 23.4. The molecule has 0 saturated heterocycles. The molecule has 0 aliphatic heterocycles. The number of nitrogens with one attached hydrogen (secondary N) is 2. The van der Waals surface area contributed by atoms with E-state index in [2.05, 4.69) is 72.5 Å². The average molecular weight is 377 g/mol. The van der Waals surface area contributed by atoms with E-state index in [4.69, 9.17) is 4.74 Å². The molecule has 154 valence electrons. The molecule has 1 aromatic rings. The van der Waals surface area contributed by atoms with Gasteiger partial charge in [0.2, 0.25) is 0 Å². The summed E-state index contributed by atoms with van der Waals surface area (Å²) in [7, 11) is 1.83. The van der Waals surface area contributed by atoms with Gasteiger partial charge < -0.3 is 20.3 Å². The van der Waals surface area contributed by atoms with Crippen LogP contribution in [0.25, 0.3) is 0 Å². The standard InChI is InChI=1S/C22H40N4O/c1-6-26(7-2)17-11-13-19(3)25-22(23-5)24-16-12-18-27-20(4)21-14-9-8-10-15-21/h8-10,14-15,19-20H,6-7,11-13,16-18H2,1-5H3,(H2,23,24,25). The molecule has 0 fully saturated rings. The molecule has 0 aliphatic carbocycles. The second-order valence-electron chi connectivity index (χ2n) is 6.99. The number of guanidine groups is 1. The van der Waals surface area contributed by atoms with Crippen molar-refractivity contribution in [1.29, 1.82) is 0 Å². The lowest BCUT2D eigenvalue weighted by atomic mass is 10.1. The quantitative estimate of drug-likeness (QED) is 0.312. The highest BCUT2D eigenvalue weighted by atomic mass is 16.5. The van der Waals surface area contributed by atoms with Crippen LogP contribution in [0.15, 0.2) is 35.3 Å². The van der Waals surface area contributed by atoms with Crippen LogP contribution in [0.5, 0.6) is 0 Å². The molecule has 0 heterocycles. The Morgan fingerprint density at radius 3 is 2.44 bits per heavy atom. The van der Waals surface area contributed by atoms with E-state index >= 15 is 0 Å². The summed E-state index contributed by atoms with van der Waals surface area (Å²) in [4.78, 5) is 6.80. The van der Waals surface area contributed by atoms with Gasteiger partial charge in [-0.2, -0.15) is 0 Å². The van der Waals surface area contributed by atoms with Crippen LogP contribution in [0, 0.1) is 0 Å². The summed E-state index contributed by atoms with van der Waals surface area (Å²) in [6, 6.07) is 10.8. The van der Waals surface area contributed by atoms with E-state index in [1.807, 2.05) is 13.1 Å². The van der Waals surface area contributed by atoms with Crippen LogP contribution in [-0.4, -0.2) is 56.7 Å². The fourth-order valence-electron chi connectivity index (χ4n) is 3.02. The first-order valence-corrected chi connectivity index (χ1v) is 10.5. The molecule has 1 rings (SSSR count). The minimum Gasteiger partial charge on any atom is -0.374 e. The summed E-state index contributed by atoms with van der Waals surface area (Å²) < 4.78 is 5.92. The van der Waals surface area contributed by atoms with Gasteiger partial charge in [-0.1, -0.05) is 44.2 Å². The Hall–Kier alpha value is -1.59. The number of hydrogen-bond donors (Lipinski definition) is 2. The van der Waals surface area contributed by atoms with Crippen LogP contribution >= 0.6 is 0 Å². The molecule has 2 N–H and O–H groups in total. The van der Waals surface area contributed by atoms with Gasteiger partial charge in [-0.15, -0.1) is 0 Å². The van der Waals surface area contributed by atoms with Gasteiger partial charge in [-0.3, -0.25) is 4.99 Å². The van der Waals surface area contributed by atoms with E-state index < -0.39 is 0 Å². The number of hydrogen-bond acceptors (Lipinski definition) is 3. The van der Waals surface area contributed by atoms with Crippen molar-refractivity contribution >= 4 is 5.96 Å². The molecule has 2 unspecified atom stereocenters. The first-order chi connectivity index (χ1) is 13.1. The molecule has 27 heavy (non-hydrogen) atoms. The summed E-state index contributed by atoms with van der Waals surface area (Å²) in [6.07, 6.45) is 3.44. The van der Waals surface area contributed by atoms with Gasteiger partial charge in [0.05, 0.1) is 6.10 Å². The molecule has 0 amide bonds. The molecule has 0 bridgehead atoms. The van der Waals surface area contributed by atoms with Gasteiger partial charge >= 0.3 is 0 Å². The summed E-state index contributed by atoms with van der Waals surface area (Å²) in [5.41, 5.74) is 1.22. The highest BCUT2D eigenvalue weighted by molar-refractivity contribution is 5.79. The number of benzene rings is 1. The Morgan fingerprint density at radius 1 is 1.11 bits per heavy atom. The van der Waals surface area contributed by atoms with Crippen molar-refractivity contribution in [3.05, 3.63) is 35.9 Å². The van der Waals surface area contributed by atoms with Crippen molar-refractivity contribution in [1.82, 2.24) is 15.5 Å². The lowest BCUT2D eigenvalue weighted by molar-refractivity contribution is 0.0646. The Kier molecular flexibility index (Phi) is 12.6. The zero-order chi connectivity index (χ0) is 19.9. The average Bonchev–Trinajstić information content (AvgIpc) is 2.70.